The van der Waals surface area contributed by atoms with Crippen LogP contribution in [0.25, 0.3) is 0 Å². The summed E-state index contributed by atoms with van der Waals surface area (Å²) >= 11 is 0. The third kappa shape index (κ3) is 1.79. The van der Waals surface area contributed by atoms with Gasteiger partial charge in [-0.25, -0.2) is 0 Å². The third-order valence-corrected chi connectivity index (χ3v) is 4.65. The van der Waals surface area contributed by atoms with Crippen molar-refractivity contribution in [3.63, 3.8) is 0 Å². The summed E-state index contributed by atoms with van der Waals surface area (Å²) in [4.78, 5) is 2.63. The van der Waals surface area contributed by atoms with Gasteiger partial charge in [-0.3, -0.25) is 4.90 Å². The van der Waals surface area contributed by atoms with Gasteiger partial charge in [0.2, 0.25) is 0 Å². The van der Waals surface area contributed by atoms with Crippen LogP contribution in [0.3, 0.4) is 0 Å². The molecule has 3 atom stereocenters. The van der Waals surface area contributed by atoms with Crippen molar-refractivity contribution >= 4 is 0 Å². The Labute approximate surface area is 110 Å². The molecular formula is C16H23NO. The Morgan fingerprint density at radius 2 is 2.00 bits per heavy atom. The van der Waals surface area contributed by atoms with Gasteiger partial charge >= 0.3 is 0 Å². The Morgan fingerprint density at radius 3 is 2.67 bits per heavy atom. The fourth-order valence-electron chi connectivity index (χ4n) is 3.67. The molecular weight excluding hydrogens is 222 g/mol. The van der Waals surface area contributed by atoms with E-state index in [0.29, 0.717) is 18.0 Å². The standard InChI is InChI=1S/C16H23NO/c1-12(2)14-9-10-16(3)17(14)15(11-18-16)13-7-5-4-6-8-13/h4-8,12,14-15H,9-11H2,1-3H3/t14-,15+,16+/m0/s1. The molecule has 2 heteroatoms. The first-order valence-electron chi connectivity index (χ1n) is 7.09. The first-order valence-corrected chi connectivity index (χ1v) is 7.09. The lowest BCUT2D eigenvalue weighted by Crippen LogP contribution is -2.44. The van der Waals surface area contributed by atoms with Gasteiger partial charge in [0, 0.05) is 6.04 Å². The van der Waals surface area contributed by atoms with Crippen LogP contribution < -0.4 is 0 Å². The summed E-state index contributed by atoms with van der Waals surface area (Å²) in [6.07, 6.45) is 2.43. The largest absolute Gasteiger partial charge is 0.359 e. The van der Waals surface area contributed by atoms with E-state index in [1.54, 1.807) is 0 Å². The first-order chi connectivity index (χ1) is 8.62. The van der Waals surface area contributed by atoms with E-state index in [2.05, 4.69) is 56.0 Å². The molecule has 2 saturated heterocycles. The lowest BCUT2D eigenvalue weighted by atomic mass is 9.99. The van der Waals surface area contributed by atoms with Crippen LogP contribution >= 0.6 is 0 Å². The van der Waals surface area contributed by atoms with E-state index in [4.69, 9.17) is 4.74 Å². The number of ether oxygens (including phenoxy) is 1. The average Bonchev–Trinajstić information content (AvgIpc) is 2.85. The second-order valence-corrected chi connectivity index (χ2v) is 6.17. The summed E-state index contributed by atoms with van der Waals surface area (Å²) in [5.41, 5.74) is 1.36. The van der Waals surface area contributed by atoms with Crippen molar-refractivity contribution in [1.29, 1.82) is 0 Å². The lowest BCUT2D eigenvalue weighted by molar-refractivity contribution is -0.0587. The molecule has 0 N–H and O–H groups in total. The normalized spacial score (nSPS) is 36.2. The van der Waals surface area contributed by atoms with Crippen LogP contribution in [-0.4, -0.2) is 23.3 Å². The van der Waals surface area contributed by atoms with E-state index >= 15 is 0 Å². The molecule has 1 aromatic rings. The van der Waals surface area contributed by atoms with Crippen LogP contribution in [0.5, 0.6) is 0 Å². The Kier molecular flexibility index (Phi) is 2.95. The summed E-state index contributed by atoms with van der Waals surface area (Å²) in [5.74, 6) is 0.694. The number of nitrogens with zero attached hydrogens (tertiary/aromatic N) is 1. The maximum atomic E-state index is 6.14. The van der Waals surface area contributed by atoms with Gasteiger partial charge in [0.05, 0.1) is 12.6 Å². The topological polar surface area (TPSA) is 12.5 Å². The Morgan fingerprint density at radius 1 is 1.28 bits per heavy atom. The minimum Gasteiger partial charge on any atom is -0.359 e. The van der Waals surface area contributed by atoms with Gasteiger partial charge in [-0.05, 0) is 31.2 Å². The van der Waals surface area contributed by atoms with Crippen LogP contribution in [-0.2, 0) is 4.74 Å². The summed E-state index contributed by atoms with van der Waals surface area (Å²) < 4.78 is 6.14. The van der Waals surface area contributed by atoms with Crippen molar-refractivity contribution in [2.24, 2.45) is 5.92 Å². The van der Waals surface area contributed by atoms with Gasteiger partial charge < -0.3 is 4.74 Å². The van der Waals surface area contributed by atoms with Crippen LogP contribution in [0.2, 0.25) is 0 Å². The molecule has 2 nitrogen and oxygen atoms in total. The number of rotatable bonds is 2. The third-order valence-electron chi connectivity index (χ3n) is 4.65. The van der Waals surface area contributed by atoms with Gasteiger partial charge in [-0.15, -0.1) is 0 Å². The molecule has 18 heavy (non-hydrogen) atoms. The zero-order valence-corrected chi connectivity index (χ0v) is 11.6. The van der Waals surface area contributed by atoms with Gasteiger partial charge in [0.15, 0.2) is 0 Å². The molecule has 98 valence electrons. The molecule has 2 aliphatic rings. The van der Waals surface area contributed by atoms with E-state index in [-0.39, 0.29) is 5.72 Å². The molecule has 2 aliphatic heterocycles. The second-order valence-electron chi connectivity index (χ2n) is 6.17. The maximum absolute atomic E-state index is 6.14. The molecule has 0 radical (unpaired) electrons. The molecule has 0 spiro atoms. The molecule has 0 unspecified atom stereocenters. The lowest BCUT2D eigenvalue weighted by Gasteiger charge is -2.36. The predicted molar refractivity (Wildman–Crippen MR) is 73.2 cm³/mol. The number of fused-ring (bicyclic) bond motifs is 1. The molecule has 1 aromatic carbocycles. The van der Waals surface area contributed by atoms with Gasteiger partial charge in [-0.1, -0.05) is 44.2 Å². The molecule has 3 rings (SSSR count). The Bertz CT molecular complexity index is 416. The molecule has 2 heterocycles. The molecule has 0 bridgehead atoms. The molecule has 0 amide bonds. The van der Waals surface area contributed by atoms with E-state index in [1.807, 2.05) is 0 Å². The quantitative estimate of drug-likeness (QED) is 0.789. The van der Waals surface area contributed by atoms with E-state index in [1.165, 1.54) is 18.4 Å². The van der Waals surface area contributed by atoms with Crippen molar-refractivity contribution < 1.29 is 4.74 Å². The summed E-state index contributed by atoms with van der Waals surface area (Å²) in [7, 11) is 0. The minimum atomic E-state index is -0.0323. The van der Waals surface area contributed by atoms with E-state index < -0.39 is 0 Å². The number of benzene rings is 1. The SMILES string of the molecule is CC(C)[C@@H]1CC[C@@]2(C)OC[C@H](c3ccccc3)N12. The van der Waals surface area contributed by atoms with Crippen LogP contribution in [0.1, 0.15) is 45.2 Å². The highest BCUT2D eigenvalue weighted by Crippen LogP contribution is 2.48. The molecule has 0 aromatic heterocycles. The van der Waals surface area contributed by atoms with Crippen LogP contribution in [0.4, 0.5) is 0 Å². The Hall–Kier alpha value is -0.860. The van der Waals surface area contributed by atoms with Gasteiger partial charge in [-0.2, -0.15) is 0 Å². The summed E-state index contributed by atoms with van der Waals surface area (Å²) in [6.45, 7) is 7.76. The zero-order valence-electron chi connectivity index (χ0n) is 11.6. The van der Waals surface area contributed by atoms with Crippen molar-refractivity contribution in [3.8, 4) is 0 Å². The zero-order chi connectivity index (χ0) is 12.8. The maximum Gasteiger partial charge on any atom is 0.119 e. The Balaban J connectivity index is 1.93. The van der Waals surface area contributed by atoms with E-state index in [9.17, 15) is 0 Å². The summed E-state index contributed by atoms with van der Waals surface area (Å²) in [5, 5.41) is 0. The van der Waals surface area contributed by atoms with E-state index in [0.717, 1.165) is 6.61 Å². The summed E-state index contributed by atoms with van der Waals surface area (Å²) in [6, 6.07) is 11.9. The highest BCUT2D eigenvalue weighted by Gasteiger charge is 2.52. The van der Waals surface area contributed by atoms with Crippen molar-refractivity contribution in [2.45, 2.75) is 51.4 Å². The highest BCUT2D eigenvalue weighted by atomic mass is 16.5. The van der Waals surface area contributed by atoms with Gasteiger partial charge in [0.1, 0.15) is 5.72 Å². The first kappa shape index (κ1) is 12.2. The molecule has 2 fully saturated rings. The molecule has 0 aliphatic carbocycles. The van der Waals surface area contributed by atoms with Crippen molar-refractivity contribution in [3.05, 3.63) is 35.9 Å². The minimum absolute atomic E-state index is 0.0323. The van der Waals surface area contributed by atoms with Crippen LogP contribution in [0, 0.1) is 5.92 Å². The smallest absolute Gasteiger partial charge is 0.119 e. The monoisotopic (exact) mass is 245 g/mol. The van der Waals surface area contributed by atoms with Crippen molar-refractivity contribution in [1.82, 2.24) is 4.90 Å². The average molecular weight is 245 g/mol. The van der Waals surface area contributed by atoms with Crippen molar-refractivity contribution in [2.75, 3.05) is 6.61 Å². The fraction of sp³-hybridized carbons (Fsp3) is 0.625. The molecule has 0 saturated carbocycles. The predicted octanol–water partition coefficient (Wildman–Crippen LogP) is 3.59. The number of hydrogen-bond acceptors (Lipinski definition) is 2. The van der Waals surface area contributed by atoms with Gasteiger partial charge in [0.25, 0.3) is 0 Å². The fourth-order valence-corrected chi connectivity index (χ4v) is 3.67. The second kappa shape index (κ2) is 4.36. The number of hydrogen-bond donors (Lipinski definition) is 0. The van der Waals surface area contributed by atoms with Crippen LogP contribution in [0.15, 0.2) is 30.3 Å². The highest BCUT2D eigenvalue weighted by molar-refractivity contribution is 5.22.